The topological polar surface area (TPSA) is 50.7 Å². The van der Waals surface area contributed by atoms with Gasteiger partial charge in [0.2, 0.25) is 5.91 Å². The number of nitrogens with zero attached hydrogens (tertiary/aromatic N) is 2. The fourth-order valence-electron chi connectivity index (χ4n) is 1.38. The lowest BCUT2D eigenvalue weighted by atomic mass is 10.1. The predicted molar refractivity (Wildman–Crippen MR) is 63.1 cm³/mol. The molecule has 0 spiro atoms. The van der Waals surface area contributed by atoms with Crippen LogP contribution >= 0.6 is 0 Å². The molecule has 1 atom stereocenters. The maximum Gasteiger partial charge on any atom is 0.239 e. The number of rotatable bonds is 3. The van der Waals surface area contributed by atoms with Crippen LogP contribution in [-0.2, 0) is 11.2 Å². The Labute approximate surface area is 95.5 Å². The van der Waals surface area contributed by atoms with Gasteiger partial charge in [0, 0.05) is 14.1 Å². The van der Waals surface area contributed by atoms with E-state index in [2.05, 4.69) is 4.85 Å². The summed E-state index contributed by atoms with van der Waals surface area (Å²) in [5, 5.41) is 0. The minimum Gasteiger partial charge on any atom is -0.347 e. The van der Waals surface area contributed by atoms with Crippen LogP contribution in [0.1, 0.15) is 5.56 Å². The van der Waals surface area contributed by atoms with Crippen LogP contribution in [0.3, 0.4) is 0 Å². The van der Waals surface area contributed by atoms with Crippen molar-refractivity contribution in [2.75, 3.05) is 14.1 Å². The first-order valence-corrected chi connectivity index (χ1v) is 4.97. The molecular weight excluding hydrogens is 202 g/mol. The highest BCUT2D eigenvalue weighted by Crippen LogP contribution is 2.13. The van der Waals surface area contributed by atoms with Gasteiger partial charge in [0.1, 0.15) is 0 Å². The molecule has 0 heterocycles. The first-order chi connectivity index (χ1) is 7.54. The third-order valence-electron chi connectivity index (χ3n) is 2.28. The summed E-state index contributed by atoms with van der Waals surface area (Å²) in [5.74, 6) is -0.0887. The van der Waals surface area contributed by atoms with Gasteiger partial charge < -0.3 is 10.6 Å². The van der Waals surface area contributed by atoms with Crippen molar-refractivity contribution in [3.63, 3.8) is 0 Å². The maximum absolute atomic E-state index is 11.5. The standard InChI is InChI=1S/C12H15N3O/c1-14-10-6-4-9(5-7-10)8-11(13)12(16)15(2)3/h4-7,11H,8,13H2,2-3H3/t11-/m0/s1. The van der Waals surface area contributed by atoms with E-state index in [1.54, 1.807) is 26.2 Å². The number of likely N-dealkylation sites (N-methyl/N-ethyl adjacent to an activating group) is 1. The predicted octanol–water partition coefficient (Wildman–Crippen LogP) is 1.20. The van der Waals surface area contributed by atoms with E-state index in [4.69, 9.17) is 12.3 Å². The Morgan fingerprint density at radius 1 is 1.44 bits per heavy atom. The summed E-state index contributed by atoms with van der Waals surface area (Å²) in [6, 6.07) is 6.60. The van der Waals surface area contributed by atoms with Crippen molar-refractivity contribution in [3.05, 3.63) is 41.2 Å². The molecule has 0 aliphatic heterocycles. The Balaban J connectivity index is 2.67. The van der Waals surface area contributed by atoms with E-state index in [-0.39, 0.29) is 5.91 Å². The molecule has 0 saturated heterocycles. The normalized spacial score (nSPS) is 11.6. The monoisotopic (exact) mass is 217 g/mol. The number of benzene rings is 1. The molecule has 4 heteroatoms. The van der Waals surface area contributed by atoms with Crippen molar-refractivity contribution in [1.29, 1.82) is 0 Å². The van der Waals surface area contributed by atoms with Crippen molar-refractivity contribution in [1.82, 2.24) is 4.90 Å². The summed E-state index contributed by atoms with van der Waals surface area (Å²) in [7, 11) is 3.37. The molecule has 0 aliphatic rings. The van der Waals surface area contributed by atoms with Crippen LogP contribution in [0.15, 0.2) is 24.3 Å². The van der Waals surface area contributed by atoms with Gasteiger partial charge in [0.15, 0.2) is 5.69 Å². The number of nitrogens with two attached hydrogens (primary N) is 1. The Kier molecular flexibility index (Phi) is 4.03. The van der Waals surface area contributed by atoms with Gasteiger partial charge in [0.05, 0.1) is 12.6 Å². The summed E-state index contributed by atoms with van der Waals surface area (Å²) < 4.78 is 0. The molecule has 0 bridgehead atoms. The van der Waals surface area contributed by atoms with E-state index in [1.165, 1.54) is 4.90 Å². The third kappa shape index (κ3) is 3.07. The molecule has 4 nitrogen and oxygen atoms in total. The van der Waals surface area contributed by atoms with Crippen molar-refractivity contribution >= 4 is 11.6 Å². The van der Waals surface area contributed by atoms with Crippen molar-refractivity contribution in [3.8, 4) is 0 Å². The van der Waals surface area contributed by atoms with Crippen LogP contribution < -0.4 is 5.73 Å². The van der Waals surface area contributed by atoms with E-state index in [1.807, 2.05) is 12.1 Å². The number of hydrogen-bond donors (Lipinski definition) is 1. The van der Waals surface area contributed by atoms with Crippen LogP contribution in [0.5, 0.6) is 0 Å². The third-order valence-corrected chi connectivity index (χ3v) is 2.28. The number of amides is 1. The second-order valence-corrected chi connectivity index (χ2v) is 3.82. The summed E-state index contributed by atoms with van der Waals surface area (Å²) in [6.07, 6.45) is 0.495. The summed E-state index contributed by atoms with van der Waals surface area (Å²) in [4.78, 5) is 16.3. The van der Waals surface area contributed by atoms with Gasteiger partial charge in [-0.2, -0.15) is 0 Å². The van der Waals surface area contributed by atoms with Gasteiger partial charge >= 0.3 is 0 Å². The molecule has 0 radical (unpaired) electrons. The first-order valence-electron chi connectivity index (χ1n) is 4.97. The molecule has 84 valence electrons. The van der Waals surface area contributed by atoms with Crippen LogP contribution in [0, 0.1) is 6.57 Å². The molecule has 0 aliphatic carbocycles. The van der Waals surface area contributed by atoms with E-state index in [9.17, 15) is 4.79 Å². The van der Waals surface area contributed by atoms with Gasteiger partial charge in [0.25, 0.3) is 0 Å². The van der Waals surface area contributed by atoms with Crippen molar-refractivity contribution in [2.45, 2.75) is 12.5 Å². The van der Waals surface area contributed by atoms with Crippen LogP contribution in [0.4, 0.5) is 5.69 Å². The van der Waals surface area contributed by atoms with Gasteiger partial charge in [-0.15, -0.1) is 0 Å². The second kappa shape index (κ2) is 5.29. The van der Waals surface area contributed by atoms with Gasteiger partial charge in [-0.3, -0.25) is 4.79 Å². The van der Waals surface area contributed by atoms with Gasteiger partial charge in [-0.25, -0.2) is 4.85 Å². The maximum atomic E-state index is 11.5. The molecule has 0 unspecified atom stereocenters. The molecule has 1 amide bonds. The highest BCUT2D eigenvalue weighted by atomic mass is 16.2. The second-order valence-electron chi connectivity index (χ2n) is 3.82. The van der Waals surface area contributed by atoms with Crippen LogP contribution in [0.25, 0.3) is 4.85 Å². The molecule has 1 rings (SSSR count). The highest BCUT2D eigenvalue weighted by molar-refractivity contribution is 5.81. The van der Waals surface area contributed by atoms with Gasteiger partial charge in [-0.05, 0) is 12.0 Å². The average Bonchev–Trinajstić information content (AvgIpc) is 2.28. The average molecular weight is 217 g/mol. The Bertz CT molecular complexity index is 403. The smallest absolute Gasteiger partial charge is 0.239 e. The quantitative estimate of drug-likeness (QED) is 0.773. The molecule has 1 aromatic carbocycles. The molecular formula is C12H15N3O. The Morgan fingerprint density at radius 2 is 2.00 bits per heavy atom. The summed E-state index contributed by atoms with van der Waals surface area (Å²) in [6.45, 7) is 6.82. The van der Waals surface area contributed by atoms with Gasteiger partial charge in [-0.1, -0.05) is 24.3 Å². The number of carbonyl (C=O) groups excluding carboxylic acids is 1. The molecule has 0 fully saturated rings. The zero-order chi connectivity index (χ0) is 12.1. The lowest BCUT2D eigenvalue weighted by Gasteiger charge is -2.16. The van der Waals surface area contributed by atoms with E-state index < -0.39 is 6.04 Å². The molecule has 2 N–H and O–H groups in total. The molecule has 1 aromatic rings. The zero-order valence-electron chi connectivity index (χ0n) is 9.47. The Morgan fingerprint density at radius 3 is 2.44 bits per heavy atom. The SMILES string of the molecule is [C-]#[N+]c1ccc(C[C@H](N)C(=O)N(C)C)cc1. The van der Waals surface area contributed by atoms with Crippen molar-refractivity contribution < 1.29 is 4.79 Å². The van der Waals surface area contributed by atoms with E-state index >= 15 is 0 Å². The zero-order valence-corrected chi connectivity index (χ0v) is 9.47. The summed E-state index contributed by atoms with van der Waals surface area (Å²) >= 11 is 0. The van der Waals surface area contributed by atoms with Crippen LogP contribution in [0.2, 0.25) is 0 Å². The van der Waals surface area contributed by atoms with Crippen LogP contribution in [-0.4, -0.2) is 30.9 Å². The van der Waals surface area contributed by atoms with E-state index in [0.717, 1.165) is 5.56 Å². The molecule has 0 saturated carbocycles. The highest BCUT2D eigenvalue weighted by Gasteiger charge is 2.15. The lowest BCUT2D eigenvalue weighted by molar-refractivity contribution is -0.130. The Hall–Kier alpha value is -1.86. The number of hydrogen-bond acceptors (Lipinski definition) is 2. The largest absolute Gasteiger partial charge is 0.347 e. The van der Waals surface area contributed by atoms with E-state index in [0.29, 0.717) is 12.1 Å². The minimum absolute atomic E-state index is 0.0887. The molecule has 0 aromatic heterocycles. The van der Waals surface area contributed by atoms with Crippen molar-refractivity contribution in [2.24, 2.45) is 5.73 Å². The lowest BCUT2D eigenvalue weighted by Crippen LogP contribution is -2.41. The molecule has 16 heavy (non-hydrogen) atoms. The number of carbonyl (C=O) groups is 1. The fraction of sp³-hybridized carbons (Fsp3) is 0.333. The fourth-order valence-corrected chi connectivity index (χ4v) is 1.38. The minimum atomic E-state index is -0.520. The first kappa shape index (κ1) is 12.2. The summed E-state index contributed by atoms with van der Waals surface area (Å²) in [5.41, 5.74) is 7.33.